The van der Waals surface area contributed by atoms with Crippen LogP contribution >= 0.6 is 58.2 Å². The fourth-order valence-corrected chi connectivity index (χ4v) is 4.66. The standard InChI is InChI=1S/C22H24Cl4N2O2S/c1-3-20(22(30)27-4-2)28(11-15-6-7-16(23)10-18(15)25)21(29)13-31-12-14-5-8-17(24)19(26)9-14/h5-10,20H,3-4,11-13H2,1-2H3,(H,27,30)/t20-/m0/s1. The molecule has 0 bridgehead atoms. The van der Waals surface area contributed by atoms with Crippen LogP contribution in [0, 0.1) is 0 Å². The highest BCUT2D eigenvalue weighted by Crippen LogP contribution is 2.26. The average molecular weight is 522 g/mol. The third-order valence-electron chi connectivity index (χ3n) is 4.57. The maximum Gasteiger partial charge on any atom is 0.242 e. The lowest BCUT2D eigenvalue weighted by Gasteiger charge is -2.30. The maximum atomic E-state index is 13.2. The Kier molecular flexibility index (Phi) is 10.8. The molecule has 1 atom stereocenters. The predicted octanol–water partition coefficient (Wildman–Crippen LogP) is 6.48. The number of hydrogen-bond donors (Lipinski definition) is 1. The van der Waals surface area contributed by atoms with Crippen LogP contribution in [0.2, 0.25) is 20.1 Å². The second-order valence-electron chi connectivity index (χ2n) is 6.82. The minimum Gasteiger partial charge on any atom is -0.355 e. The van der Waals surface area contributed by atoms with Gasteiger partial charge in [0, 0.05) is 28.9 Å². The van der Waals surface area contributed by atoms with Gasteiger partial charge in [-0.25, -0.2) is 0 Å². The van der Waals surface area contributed by atoms with Crippen molar-refractivity contribution in [1.29, 1.82) is 0 Å². The van der Waals surface area contributed by atoms with Gasteiger partial charge in [-0.15, -0.1) is 11.8 Å². The molecular formula is C22H24Cl4N2O2S. The zero-order chi connectivity index (χ0) is 23.0. The first-order chi connectivity index (χ1) is 14.8. The molecule has 4 nitrogen and oxygen atoms in total. The second-order valence-corrected chi connectivity index (χ2v) is 9.46. The van der Waals surface area contributed by atoms with Gasteiger partial charge in [0.1, 0.15) is 6.04 Å². The smallest absolute Gasteiger partial charge is 0.242 e. The summed E-state index contributed by atoms with van der Waals surface area (Å²) in [4.78, 5) is 27.4. The lowest BCUT2D eigenvalue weighted by Crippen LogP contribution is -2.49. The molecule has 2 aromatic carbocycles. The maximum absolute atomic E-state index is 13.2. The third kappa shape index (κ3) is 7.76. The molecule has 0 spiro atoms. The monoisotopic (exact) mass is 520 g/mol. The third-order valence-corrected chi connectivity index (χ3v) is 6.89. The molecule has 31 heavy (non-hydrogen) atoms. The summed E-state index contributed by atoms with van der Waals surface area (Å²) in [5.41, 5.74) is 1.70. The minimum atomic E-state index is -0.593. The summed E-state index contributed by atoms with van der Waals surface area (Å²) in [6, 6.07) is 9.93. The molecule has 0 saturated carbocycles. The summed E-state index contributed by atoms with van der Waals surface area (Å²) in [7, 11) is 0. The molecule has 2 aromatic rings. The fourth-order valence-electron chi connectivity index (χ4n) is 3.01. The molecule has 2 amide bonds. The lowest BCUT2D eigenvalue weighted by atomic mass is 10.1. The van der Waals surface area contributed by atoms with Gasteiger partial charge in [-0.3, -0.25) is 9.59 Å². The number of benzene rings is 2. The van der Waals surface area contributed by atoms with Crippen molar-refractivity contribution in [3.8, 4) is 0 Å². The molecule has 168 valence electrons. The SMILES string of the molecule is CCNC(=O)[C@H](CC)N(Cc1ccc(Cl)cc1Cl)C(=O)CSCc1ccc(Cl)c(Cl)c1. The molecule has 2 rings (SSSR count). The Labute approximate surface area is 207 Å². The quantitative estimate of drug-likeness (QED) is 0.389. The second kappa shape index (κ2) is 12.8. The van der Waals surface area contributed by atoms with E-state index in [-0.39, 0.29) is 24.1 Å². The van der Waals surface area contributed by atoms with E-state index in [1.54, 1.807) is 35.2 Å². The van der Waals surface area contributed by atoms with Crippen molar-refractivity contribution in [2.75, 3.05) is 12.3 Å². The number of rotatable bonds is 10. The normalized spacial score (nSPS) is 11.8. The summed E-state index contributed by atoms with van der Waals surface area (Å²) >= 11 is 25.8. The number of carbonyl (C=O) groups is 2. The highest BCUT2D eigenvalue weighted by atomic mass is 35.5. The summed E-state index contributed by atoms with van der Waals surface area (Å²) in [6.45, 7) is 4.44. The van der Waals surface area contributed by atoms with Gasteiger partial charge in [0.15, 0.2) is 0 Å². The van der Waals surface area contributed by atoms with Crippen LogP contribution in [0.3, 0.4) is 0 Å². The van der Waals surface area contributed by atoms with Gasteiger partial charge >= 0.3 is 0 Å². The summed E-state index contributed by atoms with van der Waals surface area (Å²) in [5.74, 6) is 0.476. The number of hydrogen-bond acceptors (Lipinski definition) is 3. The molecule has 0 aliphatic rings. The highest BCUT2D eigenvalue weighted by molar-refractivity contribution is 7.99. The highest BCUT2D eigenvalue weighted by Gasteiger charge is 2.28. The number of thioether (sulfide) groups is 1. The number of nitrogens with zero attached hydrogens (tertiary/aromatic N) is 1. The van der Waals surface area contributed by atoms with E-state index in [4.69, 9.17) is 46.4 Å². The molecule has 0 unspecified atom stereocenters. The van der Waals surface area contributed by atoms with E-state index in [0.717, 1.165) is 11.1 Å². The van der Waals surface area contributed by atoms with Gasteiger partial charge < -0.3 is 10.2 Å². The Morgan fingerprint density at radius 2 is 1.74 bits per heavy atom. The predicted molar refractivity (Wildman–Crippen MR) is 132 cm³/mol. The van der Waals surface area contributed by atoms with Crippen molar-refractivity contribution in [2.24, 2.45) is 0 Å². The Morgan fingerprint density at radius 1 is 1.00 bits per heavy atom. The van der Waals surface area contributed by atoms with Gasteiger partial charge in [-0.05, 0) is 48.7 Å². The van der Waals surface area contributed by atoms with E-state index < -0.39 is 6.04 Å². The largest absolute Gasteiger partial charge is 0.355 e. The molecular weight excluding hydrogens is 498 g/mol. The van der Waals surface area contributed by atoms with Crippen molar-refractivity contribution in [3.05, 3.63) is 67.6 Å². The van der Waals surface area contributed by atoms with E-state index in [1.165, 1.54) is 11.8 Å². The van der Waals surface area contributed by atoms with Crippen molar-refractivity contribution in [1.82, 2.24) is 10.2 Å². The van der Waals surface area contributed by atoms with Crippen molar-refractivity contribution in [2.45, 2.75) is 38.6 Å². The van der Waals surface area contributed by atoms with E-state index in [0.29, 0.717) is 38.8 Å². The van der Waals surface area contributed by atoms with E-state index >= 15 is 0 Å². The van der Waals surface area contributed by atoms with Crippen LogP contribution in [0.1, 0.15) is 31.4 Å². The molecule has 0 saturated heterocycles. The summed E-state index contributed by atoms with van der Waals surface area (Å²) in [6.07, 6.45) is 0.486. The number of carbonyl (C=O) groups excluding carboxylic acids is 2. The zero-order valence-corrected chi connectivity index (χ0v) is 21.1. The Bertz CT molecular complexity index is 926. The first-order valence-electron chi connectivity index (χ1n) is 9.79. The number of amides is 2. The van der Waals surface area contributed by atoms with Crippen LogP contribution in [-0.4, -0.2) is 35.1 Å². The average Bonchev–Trinajstić information content (AvgIpc) is 2.72. The fraction of sp³-hybridized carbons (Fsp3) is 0.364. The molecule has 0 radical (unpaired) electrons. The van der Waals surface area contributed by atoms with Crippen LogP contribution in [0.25, 0.3) is 0 Å². The number of nitrogens with one attached hydrogen (secondary N) is 1. The Morgan fingerprint density at radius 3 is 2.35 bits per heavy atom. The van der Waals surface area contributed by atoms with Crippen LogP contribution < -0.4 is 5.32 Å². The van der Waals surface area contributed by atoms with Crippen LogP contribution in [0.5, 0.6) is 0 Å². The summed E-state index contributed by atoms with van der Waals surface area (Å²) < 4.78 is 0. The van der Waals surface area contributed by atoms with Crippen LogP contribution in [0.15, 0.2) is 36.4 Å². The van der Waals surface area contributed by atoms with E-state index in [1.807, 2.05) is 19.9 Å². The van der Waals surface area contributed by atoms with Gasteiger partial charge in [0.2, 0.25) is 11.8 Å². The van der Waals surface area contributed by atoms with Crippen LogP contribution in [0.4, 0.5) is 0 Å². The molecule has 0 heterocycles. The van der Waals surface area contributed by atoms with E-state index in [2.05, 4.69) is 5.32 Å². The first kappa shape index (κ1) is 26.1. The topological polar surface area (TPSA) is 49.4 Å². The van der Waals surface area contributed by atoms with Crippen molar-refractivity contribution >= 4 is 70.0 Å². The summed E-state index contributed by atoms with van der Waals surface area (Å²) in [5, 5.41) is 4.76. The van der Waals surface area contributed by atoms with Gasteiger partial charge in [0.05, 0.1) is 15.8 Å². The number of halogens is 4. The van der Waals surface area contributed by atoms with Crippen LogP contribution in [-0.2, 0) is 21.9 Å². The molecule has 0 aromatic heterocycles. The Hall–Kier alpha value is -1.11. The van der Waals surface area contributed by atoms with Crippen molar-refractivity contribution < 1.29 is 9.59 Å². The van der Waals surface area contributed by atoms with Crippen molar-refractivity contribution in [3.63, 3.8) is 0 Å². The molecule has 0 aliphatic carbocycles. The minimum absolute atomic E-state index is 0.144. The molecule has 0 aliphatic heterocycles. The molecule has 9 heteroatoms. The lowest BCUT2D eigenvalue weighted by molar-refractivity contribution is -0.139. The van der Waals surface area contributed by atoms with E-state index in [9.17, 15) is 9.59 Å². The van der Waals surface area contributed by atoms with Gasteiger partial charge in [-0.2, -0.15) is 0 Å². The van der Waals surface area contributed by atoms with Gasteiger partial charge in [-0.1, -0.05) is 65.5 Å². The molecule has 0 fully saturated rings. The molecule has 1 N–H and O–H groups in total. The zero-order valence-electron chi connectivity index (χ0n) is 17.3. The first-order valence-corrected chi connectivity index (χ1v) is 12.5. The van der Waals surface area contributed by atoms with Gasteiger partial charge in [0.25, 0.3) is 0 Å². The number of likely N-dealkylation sites (N-methyl/N-ethyl adjacent to an activating group) is 1. The Balaban J connectivity index is 2.15.